The number of pyridine rings is 1. The number of amides is 1. The molecule has 6 nitrogen and oxygen atoms in total. The molecule has 0 fully saturated rings. The third kappa shape index (κ3) is 3.91. The van der Waals surface area contributed by atoms with Gasteiger partial charge in [-0.1, -0.05) is 18.2 Å². The Labute approximate surface area is 164 Å². The van der Waals surface area contributed by atoms with Crippen molar-refractivity contribution >= 4 is 23.3 Å². The second kappa shape index (κ2) is 7.47. The molecule has 1 amide bonds. The van der Waals surface area contributed by atoms with Crippen LogP contribution in [-0.4, -0.2) is 24.3 Å². The summed E-state index contributed by atoms with van der Waals surface area (Å²) in [5, 5.41) is 2.81. The zero-order valence-corrected chi connectivity index (χ0v) is 15.6. The molecule has 0 spiro atoms. The van der Waals surface area contributed by atoms with Crippen molar-refractivity contribution in [3.63, 3.8) is 0 Å². The number of allylic oxidation sites excluding steroid dienone is 1. The topological polar surface area (TPSA) is 69.7 Å². The molecule has 146 valence electrons. The summed E-state index contributed by atoms with van der Waals surface area (Å²) < 4.78 is 40.2. The van der Waals surface area contributed by atoms with Gasteiger partial charge in [-0.05, 0) is 31.2 Å². The molecule has 9 heteroatoms. The third-order valence-corrected chi connectivity index (χ3v) is 4.24. The van der Waals surface area contributed by atoms with Crippen molar-refractivity contribution in [1.29, 1.82) is 0 Å². The number of nitrogens with one attached hydrogen (secondary N) is 1. The van der Waals surface area contributed by atoms with E-state index in [9.17, 15) is 13.6 Å². The summed E-state index contributed by atoms with van der Waals surface area (Å²) in [5.74, 6) is -0.0393. The average molecular weight is 409 g/mol. The van der Waals surface area contributed by atoms with E-state index in [4.69, 9.17) is 16.3 Å². The zero-order valence-electron chi connectivity index (χ0n) is 14.9. The van der Waals surface area contributed by atoms with Crippen LogP contribution in [0.4, 0.5) is 14.6 Å². The first-order chi connectivity index (χ1) is 13.2. The Hall–Kier alpha value is -3.13. The van der Waals surface area contributed by atoms with Gasteiger partial charge in [-0.2, -0.15) is 0 Å². The quantitative estimate of drug-likeness (QED) is 0.438. The Morgan fingerprint density at radius 2 is 2.00 bits per heavy atom. The van der Waals surface area contributed by atoms with Gasteiger partial charge >= 0.3 is 6.29 Å². The van der Waals surface area contributed by atoms with Gasteiger partial charge in [-0.15, -0.1) is 8.78 Å². The van der Waals surface area contributed by atoms with E-state index in [1.807, 2.05) is 0 Å². The van der Waals surface area contributed by atoms with Gasteiger partial charge in [0, 0.05) is 23.4 Å². The van der Waals surface area contributed by atoms with E-state index in [0.29, 0.717) is 22.5 Å². The number of benzene rings is 1. The first-order valence-electron chi connectivity index (χ1n) is 7.98. The maximum absolute atomic E-state index is 13.2. The molecule has 1 aliphatic heterocycles. The van der Waals surface area contributed by atoms with Crippen LogP contribution in [0.25, 0.3) is 11.1 Å². The van der Waals surface area contributed by atoms with Crippen molar-refractivity contribution in [2.24, 2.45) is 0 Å². The molecule has 0 unspecified atom stereocenters. The fraction of sp³-hybridized carbons (Fsp3) is 0.158. The standard InChI is InChI=1S/C19H15ClF2N2O4/c1-4-14(26-3)10(2)18(25)24-17-6-5-11(9-23-17)12-7-15-16(8-13(12)20)28-19(21,22)27-15/h4-9H,1H2,2-3H3,(H,23,24,25)/b14-10-. The predicted molar refractivity (Wildman–Crippen MR) is 99.4 cm³/mol. The Bertz CT molecular complexity index is 975. The van der Waals surface area contributed by atoms with Crippen LogP contribution in [0.1, 0.15) is 6.92 Å². The lowest BCUT2D eigenvalue weighted by atomic mass is 10.1. The highest BCUT2D eigenvalue weighted by Gasteiger charge is 2.43. The second-order valence-corrected chi connectivity index (χ2v) is 6.14. The molecule has 0 saturated carbocycles. The van der Waals surface area contributed by atoms with Gasteiger partial charge in [0.15, 0.2) is 11.5 Å². The van der Waals surface area contributed by atoms with Gasteiger partial charge in [0.25, 0.3) is 5.91 Å². The maximum Gasteiger partial charge on any atom is 0.586 e. The van der Waals surface area contributed by atoms with Crippen LogP contribution < -0.4 is 14.8 Å². The number of hydrogen-bond acceptors (Lipinski definition) is 5. The molecule has 1 aromatic heterocycles. The number of fused-ring (bicyclic) bond motifs is 1. The molecule has 0 saturated heterocycles. The van der Waals surface area contributed by atoms with Crippen LogP contribution in [0.3, 0.4) is 0 Å². The van der Waals surface area contributed by atoms with E-state index in [1.54, 1.807) is 19.1 Å². The van der Waals surface area contributed by atoms with Crippen LogP contribution in [0.15, 0.2) is 54.4 Å². The van der Waals surface area contributed by atoms with E-state index < -0.39 is 12.2 Å². The lowest BCUT2D eigenvalue weighted by molar-refractivity contribution is -0.286. The number of carbonyl (C=O) groups is 1. The van der Waals surface area contributed by atoms with Gasteiger partial charge in [-0.25, -0.2) is 4.98 Å². The van der Waals surface area contributed by atoms with E-state index >= 15 is 0 Å². The number of hydrogen-bond donors (Lipinski definition) is 1. The summed E-state index contributed by atoms with van der Waals surface area (Å²) in [6.45, 7) is 5.16. The number of carbonyl (C=O) groups excluding carboxylic acids is 1. The lowest BCUT2D eigenvalue weighted by Crippen LogP contribution is -2.25. The summed E-state index contributed by atoms with van der Waals surface area (Å²) in [6.07, 6.45) is -0.855. The van der Waals surface area contributed by atoms with Crippen LogP contribution in [0.5, 0.6) is 11.5 Å². The number of aromatic nitrogens is 1. The van der Waals surface area contributed by atoms with Gasteiger partial charge in [0.1, 0.15) is 11.6 Å². The maximum atomic E-state index is 13.2. The van der Waals surface area contributed by atoms with Gasteiger partial charge < -0.3 is 19.5 Å². The van der Waals surface area contributed by atoms with E-state index in [-0.39, 0.29) is 22.3 Å². The molecule has 2 aromatic rings. The molecular weight excluding hydrogens is 394 g/mol. The van der Waals surface area contributed by atoms with Gasteiger partial charge in [0.05, 0.1) is 17.7 Å². The Kier molecular flexibility index (Phi) is 5.24. The minimum absolute atomic E-state index is 0.126. The van der Waals surface area contributed by atoms with Crippen LogP contribution in [-0.2, 0) is 9.53 Å². The number of nitrogens with zero attached hydrogens (tertiary/aromatic N) is 1. The largest absolute Gasteiger partial charge is 0.586 e. The fourth-order valence-electron chi connectivity index (χ4n) is 2.53. The fourth-order valence-corrected chi connectivity index (χ4v) is 2.79. The smallest absolute Gasteiger partial charge is 0.496 e. The van der Waals surface area contributed by atoms with Crippen LogP contribution >= 0.6 is 11.6 Å². The van der Waals surface area contributed by atoms with E-state index in [0.717, 1.165) is 0 Å². The third-order valence-electron chi connectivity index (χ3n) is 3.92. The van der Waals surface area contributed by atoms with Crippen LogP contribution in [0.2, 0.25) is 5.02 Å². The molecule has 1 N–H and O–H groups in total. The molecule has 0 bridgehead atoms. The van der Waals surface area contributed by atoms with E-state index in [2.05, 4.69) is 26.4 Å². The molecule has 1 aromatic carbocycles. The molecule has 0 aliphatic carbocycles. The van der Waals surface area contributed by atoms with Crippen molar-refractivity contribution in [3.05, 3.63) is 59.5 Å². The second-order valence-electron chi connectivity index (χ2n) is 5.73. The summed E-state index contributed by atoms with van der Waals surface area (Å²) in [7, 11) is 1.44. The summed E-state index contributed by atoms with van der Waals surface area (Å²) >= 11 is 6.16. The van der Waals surface area contributed by atoms with Crippen molar-refractivity contribution in [2.75, 3.05) is 12.4 Å². The number of alkyl halides is 2. The van der Waals surface area contributed by atoms with Gasteiger partial charge in [-0.3, -0.25) is 4.79 Å². The number of anilines is 1. The first-order valence-corrected chi connectivity index (χ1v) is 8.36. The number of rotatable bonds is 5. The molecule has 0 radical (unpaired) electrons. The summed E-state index contributed by atoms with van der Waals surface area (Å²) in [5.41, 5.74) is 1.31. The Morgan fingerprint density at radius 3 is 2.57 bits per heavy atom. The highest BCUT2D eigenvalue weighted by Crippen LogP contribution is 2.45. The summed E-state index contributed by atoms with van der Waals surface area (Å²) in [4.78, 5) is 16.4. The van der Waals surface area contributed by atoms with Crippen molar-refractivity contribution < 1.29 is 27.8 Å². The average Bonchev–Trinajstić information content (AvgIpc) is 2.95. The molecular formula is C19H15ClF2N2O4. The first kappa shape index (κ1) is 19.6. The highest BCUT2D eigenvalue weighted by atomic mass is 35.5. The molecule has 2 heterocycles. The number of methoxy groups -OCH3 is 1. The Morgan fingerprint density at radius 1 is 1.32 bits per heavy atom. The SMILES string of the molecule is C=C/C(OC)=C(\C)C(=O)Nc1ccc(-c2cc3c(cc2Cl)OC(F)(F)O3)cn1. The minimum Gasteiger partial charge on any atom is -0.496 e. The molecule has 3 rings (SSSR count). The zero-order chi connectivity index (χ0) is 20.5. The van der Waals surface area contributed by atoms with Crippen molar-refractivity contribution in [1.82, 2.24) is 4.98 Å². The normalized spacial score (nSPS) is 14.9. The predicted octanol–water partition coefficient (Wildman–Crippen LogP) is 4.77. The minimum atomic E-state index is -3.73. The number of halogens is 3. The molecule has 1 aliphatic rings. The van der Waals surface area contributed by atoms with Crippen molar-refractivity contribution in [2.45, 2.75) is 13.2 Å². The monoisotopic (exact) mass is 408 g/mol. The number of ether oxygens (including phenoxy) is 3. The van der Waals surface area contributed by atoms with E-state index in [1.165, 1.54) is 31.5 Å². The van der Waals surface area contributed by atoms with Crippen molar-refractivity contribution in [3.8, 4) is 22.6 Å². The molecule has 28 heavy (non-hydrogen) atoms. The summed E-state index contributed by atoms with van der Waals surface area (Å²) in [6, 6.07) is 5.78. The van der Waals surface area contributed by atoms with Gasteiger partial charge in [0.2, 0.25) is 0 Å². The highest BCUT2D eigenvalue weighted by molar-refractivity contribution is 6.33. The Balaban J connectivity index is 1.82. The van der Waals surface area contributed by atoms with Crippen LogP contribution in [0, 0.1) is 0 Å². The molecule has 0 atom stereocenters. The lowest BCUT2D eigenvalue weighted by Gasteiger charge is -2.09.